The van der Waals surface area contributed by atoms with Crippen molar-refractivity contribution in [2.45, 2.75) is 43.8 Å². The number of ether oxygens (including phenoxy) is 5. The predicted octanol–water partition coefficient (Wildman–Crippen LogP) is 10.0. The van der Waals surface area contributed by atoms with Crippen LogP contribution in [0.25, 0.3) is 11.1 Å². The zero-order valence-electron chi connectivity index (χ0n) is 32.8. The van der Waals surface area contributed by atoms with E-state index in [2.05, 4.69) is 67.2 Å². The summed E-state index contributed by atoms with van der Waals surface area (Å²) in [6, 6.07) is 46.5. The maximum Gasteiger partial charge on any atom is 0.335 e. The Bertz CT molecular complexity index is 2510. The van der Waals surface area contributed by atoms with E-state index in [0.717, 1.165) is 67.5 Å². The van der Waals surface area contributed by atoms with Crippen LogP contribution in [0.4, 0.5) is 0 Å². The largest absolute Gasteiger partial charge is 0.493 e. The number of carbonyl (C=O) groups excluding carboxylic acids is 2. The second-order valence-electron chi connectivity index (χ2n) is 14.8. The summed E-state index contributed by atoms with van der Waals surface area (Å²) in [6.07, 6.45) is 1.47. The first-order valence-electron chi connectivity index (χ1n) is 20.0. The summed E-state index contributed by atoms with van der Waals surface area (Å²) in [4.78, 5) is 26.9. The third-order valence-electron chi connectivity index (χ3n) is 12.1. The van der Waals surface area contributed by atoms with E-state index in [9.17, 15) is 9.59 Å². The normalized spacial score (nSPS) is 20.2. The standard InChI is InChI=1S/C51H44O7/c1-5-46(52)57-35-28-24-33(25-29-35)50(39-18-11-9-16-37(39)38-17-10-12-19-40(38)50)34-26-30-36(31-27-34)58-48(53)44-32-49(55-7-3)41-20-13-14-21-42(41)51(44,56-8-4)43-22-15-23-45(47(43)49)54-6-2/h5,9-31,44H,1,6-8,32H2,2-4H3. The first-order chi connectivity index (χ1) is 28.4. The van der Waals surface area contributed by atoms with Gasteiger partial charge in [0.1, 0.15) is 28.5 Å². The molecule has 58 heavy (non-hydrogen) atoms. The Morgan fingerprint density at radius 2 is 1.14 bits per heavy atom. The Balaban J connectivity index is 1.13. The van der Waals surface area contributed by atoms with Crippen LogP contribution in [-0.4, -0.2) is 31.8 Å². The van der Waals surface area contributed by atoms with Crippen molar-refractivity contribution in [3.05, 3.63) is 197 Å². The molecule has 6 aromatic carbocycles. The number of carbonyl (C=O) groups is 2. The summed E-state index contributed by atoms with van der Waals surface area (Å²) in [7, 11) is 0. The first kappa shape index (κ1) is 37.3. The minimum Gasteiger partial charge on any atom is -0.493 e. The first-order valence-corrected chi connectivity index (χ1v) is 20.0. The second kappa shape index (κ2) is 14.6. The van der Waals surface area contributed by atoms with Crippen LogP contribution in [0, 0.1) is 5.92 Å². The Morgan fingerprint density at radius 3 is 1.71 bits per heavy atom. The molecule has 0 spiro atoms. The van der Waals surface area contributed by atoms with Gasteiger partial charge in [0, 0.05) is 31.3 Å². The fourth-order valence-corrected chi connectivity index (χ4v) is 10.1. The van der Waals surface area contributed by atoms with Gasteiger partial charge in [-0.3, -0.25) is 4.79 Å². The van der Waals surface area contributed by atoms with Crippen molar-refractivity contribution < 1.29 is 33.3 Å². The van der Waals surface area contributed by atoms with Crippen molar-refractivity contribution in [1.82, 2.24) is 0 Å². The molecule has 0 fully saturated rings. The molecular weight excluding hydrogens is 725 g/mol. The lowest BCUT2D eigenvalue weighted by Crippen LogP contribution is -2.59. The van der Waals surface area contributed by atoms with Crippen LogP contribution in [0.5, 0.6) is 17.2 Å². The zero-order chi connectivity index (χ0) is 40.1. The van der Waals surface area contributed by atoms with Crippen molar-refractivity contribution in [3.63, 3.8) is 0 Å². The van der Waals surface area contributed by atoms with E-state index in [1.807, 2.05) is 99.6 Å². The minimum absolute atomic E-state index is 0.320. The van der Waals surface area contributed by atoms with Gasteiger partial charge in [0.15, 0.2) is 0 Å². The SMILES string of the molecule is C=CC(=O)Oc1ccc(C2(c3ccc(OC(=O)C4CC5(OCC)c6ccccc6C4(OCC)c4cccc(OCC)c45)cc3)c3ccccc3-c3ccccc32)cc1. The molecule has 2 bridgehead atoms. The lowest BCUT2D eigenvalue weighted by atomic mass is 9.54. The van der Waals surface area contributed by atoms with E-state index in [1.54, 1.807) is 0 Å². The van der Waals surface area contributed by atoms with Crippen LogP contribution in [0.15, 0.2) is 152 Å². The molecule has 7 heteroatoms. The van der Waals surface area contributed by atoms with Gasteiger partial charge < -0.3 is 23.7 Å². The number of fused-ring (bicyclic) bond motifs is 4. The van der Waals surface area contributed by atoms with E-state index >= 15 is 0 Å². The highest BCUT2D eigenvalue weighted by Crippen LogP contribution is 2.65. The molecule has 0 radical (unpaired) electrons. The summed E-state index contributed by atoms with van der Waals surface area (Å²) in [5, 5.41) is 0. The molecule has 3 unspecified atom stereocenters. The average molecular weight is 769 g/mol. The van der Waals surface area contributed by atoms with Gasteiger partial charge in [-0.05, 0) is 101 Å². The molecule has 10 rings (SSSR count). The summed E-state index contributed by atoms with van der Waals surface area (Å²) in [5.74, 6) is -0.0719. The average Bonchev–Trinajstić information content (AvgIpc) is 3.56. The molecule has 7 nitrogen and oxygen atoms in total. The predicted molar refractivity (Wildman–Crippen MR) is 222 cm³/mol. The maximum absolute atomic E-state index is 14.9. The Labute approximate surface area is 338 Å². The zero-order valence-corrected chi connectivity index (χ0v) is 32.8. The quantitative estimate of drug-likeness (QED) is 0.0696. The van der Waals surface area contributed by atoms with E-state index < -0.39 is 34.5 Å². The number of rotatable bonds is 12. The van der Waals surface area contributed by atoms with Crippen molar-refractivity contribution in [3.8, 4) is 28.4 Å². The molecule has 290 valence electrons. The van der Waals surface area contributed by atoms with Gasteiger partial charge >= 0.3 is 11.9 Å². The highest BCUT2D eigenvalue weighted by Gasteiger charge is 2.65. The molecule has 0 heterocycles. The number of benzene rings is 6. The van der Waals surface area contributed by atoms with Crippen LogP contribution in [0.2, 0.25) is 0 Å². The van der Waals surface area contributed by atoms with Gasteiger partial charge in [-0.2, -0.15) is 0 Å². The number of hydrogen-bond acceptors (Lipinski definition) is 7. The number of esters is 2. The molecule has 0 aliphatic heterocycles. The van der Waals surface area contributed by atoms with E-state index in [1.165, 1.54) is 0 Å². The van der Waals surface area contributed by atoms with Crippen molar-refractivity contribution in [1.29, 1.82) is 0 Å². The van der Waals surface area contributed by atoms with Crippen molar-refractivity contribution in [2.75, 3.05) is 19.8 Å². The van der Waals surface area contributed by atoms with Crippen LogP contribution in [0.1, 0.15) is 71.7 Å². The molecule has 3 atom stereocenters. The topological polar surface area (TPSA) is 80.3 Å². The van der Waals surface area contributed by atoms with Gasteiger partial charge in [-0.1, -0.05) is 116 Å². The Hall–Kier alpha value is -6.28. The maximum atomic E-state index is 14.9. The lowest BCUT2D eigenvalue weighted by Gasteiger charge is -2.57. The highest BCUT2D eigenvalue weighted by atomic mass is 16.5. The van der Waals surface area contributed by atoms with Gasteiger partial charge in [0.25, 0.3) is 0 Å². The summed E-state index contributed by atoms with van der Waals surface area (Å²) in [6.45, 7) is 10.7. The summed E-state index contributed by atoms with van der Waals surface area (Å²) < 4.78 is 31.7. The summed E-state index contributed by atoms with van der Waals surface area (Å²) >= 11 is 0. The van der Waals surface area contributed by atoms with Gasteiger partial charge in [0.05, 0.1) is 17.9 Å². The third kappa shape index (κ3) is 5.34. The Kier molecular flexibility index (Phi) is 9.38. The van der Waals surface area contributed by atoms with E-state index in [-0.39, 0.29) is 0 Å². The fourth-order valence-electron chi connectivity index (χ4n) is 10.1. The van der Waals surface area contributed by atoms with Gasteiger partial charge in [-0.25, -0.2) is 4.79 Å². The number of hydrogen-bond donors (Lipinski definition) is 0. The molecule has 4 aliphatic rings. The lowest BCUT2D eigenvalue weighted by molar-refractivity contribution is -0.171. The molecule has 4 aliphatic carbocycles. The molecule has 0 saturated carbocycles. The van der Waals surface area contributed by atoms with Crippen LogP contribution < -0.4 is 14.2 Å². The molecule has 0 saturated heterocycles. The second-order valence-corrected chi connectivity index (χ2v) is 14.8. The molecule has 0 N–H and O–H groups in total. The highest BCUT2D eigenvalue weighted by molar-refractivity contribution is 5.87. The molecule has 0 aromatic heterocycles. The molecular formula is C51H44O7. The smallest absolute Gasteiger partial charge is 0.335 e. The van der Waals surface area contributed by atoms with Crippen molar-refractivity contribution in [2.24, 2.45) is 5.92 Å². The Morgan fingerprint density at radius 1 is 0.603 bits per heavy atom. The molecule has 6 aromatic rings. The van der Waals surface area contributed by atoms with Crippen LogP contribution in [-0.2, 0) is 35.7 Å². The summed E-state index contributed by atoms with van der Waals surface area (Å²) in [5.41, 5.74) is 7.38. The van der Waals surface area contributed by atoms with E-state index in [4.69, 9.17) is 23.7 Å². The fraction of sp³-hybridized carbons (Fsp3) is 0.216. The van der Waals surface area contributed by atoms with Crippen molar-refractivity contribution >= 4 is 11.9 Å². The monoisotopic (exact) mass is 768 g/mol. The van der Waals surface area contributed by atoms with Crippen LogP contribution >= 0.6 is 0 Å². The molecule has 0 amide bonds. The van der Waals surface area contributed by atoms with E-state index in [0.29, 0.717) is 37.7 Å². The third-order valence-corrected chi connectivity index (χ3v) is 12.1. The minimum atomic E-state index is -1.13. The van der Waals surface area contributed by atoms with Gasteiger partial charge in [-0.15, -0.1) is 0 Å². The van der Waals surface area contributed by atoms with Crippen LogP contribution in [0.3, 0.4) is 0 Å². The van der Waals surface area contributed by atoms with Gasteiger partial charge in [0.2, 0.25) is 0 Å².